The van der Waals surface area contributed by atoms with Gasteiger partial charge in [0.1, 0.15) is 5.69 Å². The lowest BCUT2D eigenvalue weighted by Gasteiger charge is -2.33. The number of carboxylic acid groups (broad SMARTS) is 1. The standard InChI is InChI=1S/C16H22N2O5/c1-9-12(11(3)19)10(2)18-13(9)14(20)17-8-16(15(21)22)4-6-23-7-5-16/h18H,4-8H2,1-3H3,(H,17,20)(H,21,22). The van der Waals surface area contributed by atoms with Crippen molar-refractivity contribution in [3.63, 3.8) is 0 Å². The summed E-state index contributed by atoms with van der Waals surface area (Å²) < 4.78 is 5.21. The van der Waals surface area contributed by atoms with Gasteiger partial charge >= 0.3 is 5.97 Å². The minimum atomic E-state index is -0.993. The first kappa shape index (κ1) is 17.2. The molecule has 2 rings (SSSR count). The number of nitrogens with one attached hydrogen (secondary N) is 2. The number of aliphatic carboxylic acids is 1. The fraction of sp³-hybridized carbons (Fsp3) is 0.562. The van der Waals surface area contributed by atoms with Crippen molar-refractivity contribution in [3.05, 3.63) is 22.5 Å². The molecule has 7 nitrogen and oxygen atoms in total. The molecule has 1 saturated heterocycles. The van der Waals surface area contributed by atoms with Crippen LogP contribution in [-0.4, -0.2) is 47.5 Å². The molecule has 0 spiro atoms. The first-order chi connectivity index (χ1) is 10.8. The summed E-state index contributed by atoms with van der Waals surface area (Å²) in [5, 5.41) is 12.2. The van der Waals surface area contributed by atoms with E-state index in [-0.39, 0.29) is 12.3 Å². The first-order valence-corrected chi connectivity index (χ1v) is 7.58. The maximum atomic E-state index is 12.4. The number of aromatic nitrogens is 1. The highest BCUT2D eigenvalue weighted by molar-refractivity contribution is 6.02. The Hall–Kier alpha value is -2.15. The number of carbonyl (C=O) groups excluding carboxylic acids is 2. The average molecular weight is 322 g/mol. The minimum absolute atomic E-state index is 0.0391. The Morgan fingerprint density at radius 1 is 1.26 bits per heavy atom. The predicted molar refractivity (Wildman–Crippen MR) is 82.7 cm³/mol. The van der Waals surface area contributed by atoms with Crippen molar-refractivity contribution < 1.29 is 24.2 Å². The summed E-state index contributed by atoms with van der Waals surface area (Å²) in [7, 11) is 0. The van der Waals surface area contributed by atoms with Crippen LogP contribution in [0.4, 0.5) is 0 Å². The topological polar surface area (TPSA) is 108 Å². The number of carbonyl (C=O) groups is 3. The molecule has 126 valence electrons. The normalized spacial score (nSPS) is 16.8. The largest absolute Gasteiger partial charge is 0.481 e. The summed E-state index contributed by atoms with van der Waals surface area (Å²) in [6.45, 7) is 5.67. The Kier molecular flexibility index (Phi) is 4.89. The number of hydrogen-bond donors (Lipinski definition) is 3. The zero-order chi connectivity index (χ0) is 17.2. The van der Waals surface area contributed by atoms with Crippen LogP contribution in [0.3, 0.4) is 0 Å². The Balaban J connectivity index is 2.15. The van der Waals surface area contributed by atoms with E-state index in [2.05, 4.69) is 10.3 Å². The molecule has 1 aromatic rings. The van der Waals surface area contributed by atoms with Crippen molar-refractivity contribution in [1.29, 1.82) is 0 Å². The molecule has 2 heterocycles. The Bertz CT molecular complexity index is 641. The lowest BCUT2D eigenvalue weighted by molar-refractivity contribution is -0.154. The third-order valence-electron chi connectivity index (χ3n) is 4.51. The van der Waals surface area contributed by atoms with E-state index in [4.69, 9.17) is 4.74 Å². The summed E-state index contributed by atoms with van der Waals surface area (Å²) in [6, 6.07) is 0. The van der Waals surface area contributed by atoms with Crippen molar-refractivity contribution in [3.8, 4) is 0 Å². The number of aryl methyl sites for hydroxylation is 1. The van der Waals surface area contributed by atoms with E-state index < -0.39 is 17.3 Å². The maximum Gasteiger partial charge on any atom is 0.311 e. The summed E-state index contributed by atoms with van der Waals surface area (Å²) in [4.78, 5) is 38.5. The summed E-state index contributed by atoms with van der Waals surface area (Å²) in [5.74, 6) is -1.43. The van der Waals surface area contributed by atoms with Crippen LogP contribution in [0.2, 0.25) is 0 Å². The van der Waals surface area contributed by atoms with Gasteiger partial charge in [-0.3, -0.25) is 14.4 Å². The summed E-state index contributed by atoms with van der Waals surface area (Å²) in [5.41, 5.74) is 1.05. The molecule has 1 amide bonds. The number of Topliss-reactive ketones (excluding diaryl/α,β-unsaturated/α-hetero) is 1. The first-order valence-electron chi connectivity index (χ1n) is 7.58. The Morgan fingerprint density at radius 3 is 2.35 bits per heavy atom. The van der Waals surface area contributed by atoms with E-state index in [0.29, 0.717) is 48.6 Å². The predicted octanol–water partition coefficient (Wildman–Crippen LogP) is 1.45. The molecule has 0 bridgehead atoms. The van der Waals surface area contributed by atoms with Gasteiger partial charge in [-0.05, 0) is 39.2 Å². The lowest BCUT2D eigenvalue weighted by Crippen LogP contribution is -2.46. The highest BCUT2D eigenvalue weighted by atomic mass is 16.5. The molecule has 0 unspecified atom stereocenters. The molecule has 1 aliphatic heterocycles. The van der Waals surface area contributed by atoms with Gasteiger partial charge in [0, 0.05) is 31.0 Å². The van der Waals surface area contributed by atoms with Crippen molar-refractivity contribution in [2.24, 2.45) is 5.41 Å². The van der Waals surface area contributed by atoms with E-state index in [0.717, 1.165) is 0 Å². The lowest BCUT2D eigenvalue weighted by atomic mass is 9.80. The van der Waals surface area contributed by atoms with Crippen LogP contribution in [0, 0.1) is 19.3 Å². The third-order valence-corrected chi connectivity index (χ3v) is 4.51. The number of ether oxygens (including phenoxy) is 1. The molecule has 1 fully saturated rings. The molecule has 1 aromatic heterocycles. The van der Waals surface area contributed by atoms with Gasteiger partial charge in [-0.15, -0.1) is 0 Å². The molecule has 7 heteroatoms. The fourth-order valence-electron chi connectivity index (χ4n) is 3.07. The van der Waals surface area contributed by atoms with Gasteiger partial charge in [0.05, 0.1) is 5.41 Å². The van der Waals surface area contributed by atoms with Crippen LogP contribution >= 0.6 is 0 Å². The average Bonchev–Trinajstić information content (AvgIpc) is 2.80. The number of aromatic amines is 1. The van der Waals surface area contributed by atoms with E-state index in [9.17, 15) is 19.5 Å². The minimum Gasteiger partial charge on any atom is -0.481 e. The van der Waals surface area contributed by atoms with Crippen LogP contribution in [0.1, 0.15) is 51.9 Å². The number of ketones is 1. The molecule has 1 aliphatic rings. The van der Waals surface area contributed by atoms with Crippen LogP contribution in [0.15, 0.2) is 0 Å². The van der Waals surface area contributed by atoms with Crippen molar-refractivity contribution in [1.82, 2.24) is 10.3 Å². The molecule has 3 N–H and O–H groups in total. The van der Waals surface area contributed by atoms with Gasteiger partial charge in [0.15, 0.2) is 5.78 Å². The molecule has 0 aliphatic carbocycles. The molecule has 23 heavy (non-hydrogen) atoms. The second kappa shape index (κ2) is 6.54. The Morgan fingerprint density at radius 2 is 1.87 bits per heavy atom. The zero-order valence-corrected chi connectivity index (χ0v) is 13.6. The van der Waals surface area contributed by atoms with E-state index in [1.165, 1.54) is 6.92 Å². The summed E-state index contributed by atoms with van der Waals surface area (Å²) >= 11 is 0. The second-order valence-corrected chi connectivity index (χ2v) is 6.06. The van der Waals surface area contributed by atoms with Gasteiger partial charge in [-0.25, -0.2) is 0 Å². The molecule has 0 saturated carbocycles. The van der Waals surface area contributed by atoms with Gasteiger partial charge in [-0.2, -0.15) is 0 Å². The highest BCUT2D eigenvalue weighted by Gasteiger charge is 2.40. The third kappa shape index (κ3) is 3.29. The summed E-state index contributed by atoms with van der Waals surface area (Å²) in [6.07, 6.45) is 0.730. The maximum absolute atomic E-state index is 12.4. The number of H-pyrrole nitrogens is 1. The molecular formula is C16H22N2O5. The van der Waals surface area contributed by atoms with Crippen molar-refractivity contribution in [2.75, 3.05) is 19.8 Å². The van der Waals surface area contributed by atoms with Crippen molar-refractivity contribution in [2.45, 2.75) is 33.6 Å². The number of amides is 1. The monoisotopic (exact) mass is 322 g/mol. The SMILES string of the molecule is CC(=O)c1c(C)[nH]c(C(=O)NCC2(C(=O)O)CCOCC2)c1C. The molecule has 0 aromatic carbocycles. The van der Waals surface area contributed by atoms with Crippen molar-refractivity contribution >= 4 is 17.7 Å². The fourth-order valence-corrected chi connectivity index (χ4v) is 3.07. The molecule has 0 atom stereocenters. The van der Waals surface area contributed by atoms with E-state index >= 15 is 0 Å². The van der Waals surface area contributed by atoms with Crippen LogP contribution in [0.25, 0.3) is 0 Å². The van der Waals surface area contributed by atoms with Gasteiger partial charge in [0.25, 0.3) is 5.91 Å². The number of carboxylic acids is 1. The number of rotatable bonds is 5. The highest BCUT2D eigenvalue weighted by Crippen LogP contribution is 2.30. The van der Waals surface area contributed by atoms with Crippen LogP contribution in [0.5, 0.6) is 0 Å². The Labute approximate surface area is 134 Å². The zero-order valence-electron chi connectivity index (χ0n) is 13.6. The molecule has 0 radical (unpaired) electrons. The quantitative estimate of drug-likeness (QED) is 0.711. The van der Waals surface area contributed by atoms with E-state index in [1.54, 1.807) is 13.8 Å². The van der Waals surface area contributed by atoms with Gasteiger partial charge < -0.3 is 20.1 Å². The van der Waals surface area contributed by atoms with E-state index in [1.807, 2.05) is 0 Å². The number of hydrogen-bond acceptors (Lipinski definition) is 4. The second-order valence-electron chi connectivity index (χ2n) is 6.06. The molecular weight excluding hydrogens is 300 g/mol. The van der Waals surface area contributed by atoms with Gasteiger partial charge in [0.2, 0.25) is 0 Å². The smallest absolute Gasteiger partial charge is 0.311 e. The van der Waals surface area contributed by atoms with Crippen LogP contribution < -0.4 is 5.32 Å². The van der Waals surface area contributed by atoms with Gasteiger partial charge in [-0.1, -0.05) is 0 Å². The van der Waals surface area contributed by atoms with Crippen LogP contribution in [-0.2, 0) is 9.53 Å².